The standard InChI is InChI=1S/C4H4N6O/c5-9-7-3-10-2-1-6-4(10)8-11/h1-2H,3H2. The van der Waals surface area contributed by atoms with Gasteiger partial charge in [-0.1, -0.05) is 5.11 Å². The Balaban J connectivity index is 2.83. The second-order valence-electron chi connectivity index (χ2n) is 1.66. The SMILES string of the molecule is [N-]=[N+]=NCn1ccnc1N=O. The number of rotatable bonds is 3. The molecule has 0 N–H and O–H groups in total. The molecule has 0 amide bonds. The molecular weight excluding hydrogens is 148 g/mol. The third-order valence-corrected chi connectivity index (χ3v) is 1.05. The lowest BCUT2D eigenvalue weighted by Crippen LogP contribution is -1.90. The molecule has 11 heavy (non-hydrogen) atoms. The number of nitrogens with zero attached hydrogens (tertiary/aromatic N) is 6. The molecule has 0 aliphatic carbocycles. The van der Waals surface area contributed by atoms with Gasteiger partial charge in [0, 0.05) is 22.5 Å². The molecule has 0 aliphatic heterocycles. The fraction of sp³-hybridized carbons (Fsp3) is 0.250. The fourth-order valence-electron chi connectivity index (χ4n) is 0.604. The summed E-state index contributed by atoms with van der Waals surface area (Å²) in [6.07, 6.45) is 2.91. The van der Waals surface area contributed by atoms with Gasteiger partial charge in [0.05, 0.1) is 0 Å². The van der Waals surface area contributed by atoms with Crippen molar-refractivity contribution in [3.63, 3.8) is 0 Å². The minimum absolute atomic E-state index is 0.0115. The Morgan fingerprint density at radius 3 is 3.27 bits per heavy atom. The van der Waals surface area contributed by atoms with Gasteiger partial charge in [-0.2, -0.15) is 0 Å². The van der Waals surface area contributed by atoms with Gasteiger partial charge in [-0.15, -0.1) is 4.91 Å². The van der Waals surface area contributed by atoms with Crippen LogP contribution in [0.2, 0.25) is 0 Å². The van der Waals surface area contributed by atoms with Crippen molar-refractivity contribution in [2.45, 2.75) is 6.67 Å². The molecular formula is C4H4N6O. The zero-order chi connectivity index (χ0) is 8.10. The molecule has 56 valence electrons. The number of aromatic nitrogens is 2. The van der Waals surface area contributed by atoms with E-state index in [1.807, 2.05) is 0 Å². The van der Waals surface area contributed by atoms with Crippen LogP contribution in [0.4, 0.5) is 5.95 Å². The van der Waals surface area contributed by atoms with E-state index < -0.39 is 0 Å². The average Bonchev–Trinajstić information content (AvgIpc) is 2.47. The largest absolute Gasteiger partial charge is 0.307 e. The van der Waals surface area contributed by atoms with Crippen LogP contribution >= 0.6 is 0 Å². The van der Waals surface area contributed by atoms with Gasteiger partial charge in [0.15, 0.2) is 0 Å². The molecule has 0 fully saturated rings. The predicted molar refractivity (Wildman–Crippen MR) is 36.8 cm³/mol. The molecule has 0 bridgehead atoms. The van der Waals surface area contributed by atoms with Gasteiger partial charge in [-0.05, 0) is 5.53 Å². The summed E-state index contributed by atoms with van der Waals surface area (Å²) >= 11 is 0. The zero-order valence-electron chi connectivity index (χ0n) is 5.45. The van der Waals surface area contributed by atoms with Crippen LogP contribution in [0.3, 0.4) is 0 Å². The summed E-state index contributed by atoms with van der Waals surface area (Å²) in [5, 5.41) is 5.83. The summed E-state index contributed by atoms with van der Waals surface area (Å²) in [6, 6.07) is 0. The molecule has 0 aliphatic rings. The maximum absolute atomic E-state index is 9.98. The number of imidazole rings is 1. The summed E-state index contributed by atoms with van der Waals surface area (Å²) < 4.78 is 1.34. The number of nitroso groups, excluding NO2 is 1. The van der Waals surface area contributed by atoms with Crippen molar-refractivity contribution in [2.24, 2.45) is 10.3 Å². The molecule has 0 saturated carbocycles. The van der Waals surface area contributed by atoms with Crippen molar-refractivity contribution >= 4 is 5.95 Å². The van der Waals surface area contributed by atoms with E-state index in [9.17, 15) is 4.91 Å². The van der Waals surface area contributed by atoms with Crippen LogP contribution in [0.5, 0.6) is 0 Å². The summed E-state index contributed by atoms with van der Waals surface area (Å²) in [5.41, 5.74) is 7.94. The molecule has 0 radical (unpaired) electrons. The van der Waals surface area contributed by atoms with Gasteiger partial charge in [0.25, 0.3) is 5.95 Å². The molecule has 7 nitrogen and oxygen atoms in total. The van der Waals surface area contributed by atoms with E-state index in [0.29, 0.717) is 0 Å². The van der Waals surface area contributed by atoms with E-state index in [4.69, 9.17) is 5.53 Å². The number of hydrogen-bond acceptors (Lipinski definition) is 4. The van der Waals surface area contributed by atoms with Gasteiger partial charge in [0.1, 0.15) is 6.67 Å². The van der Waals surface area contributed by atoms with Gasteiger partial charge in [-0.25, -0.2) is 4.98 Å². The predicted octanol–water partition coefficient (Wildman–Crippen LogP) is 1.55. The van der Waals surface area contributed by atoms with Crippen LogP contribution in [0.25, 0.3) is 10.4 Å². The molecule has 0 saturated heterocycles. The van der Waals surface area contributed by atoms with Gasteiger partial charge in [0.2, 0.25) is 0 Å². The Hall–Kier alpha value is -1.88. The topological polar surface area (TPSA) is 96.0 Å². The highest BCUT2D eigenvalue weighted by atomic mass is 16.3. The molecule has 1 aromatic rings. The van der Waals surface area contributed by atoms with E-state index in [1.54, 1.807) is 0 Å². The van der Waals surface area contributed by atoms with Crippen LogP contribution in [0, 0.1) is 4.91 Å². The summed E-state index contributed by atoms with van der Waals surface area (Å²) in [6.45, 7) is 0.0393. The summed E-state index contributed by atoms with van der Waals surface area (Å²) in [7, 11) is 0. The fourth-order valence-corrected chi connectivity index (χ4v) is 0.604. The molecule has 1 aromatic heterocycles. The minimum atomic E-state index is 0.0115. The van der Waals surface area contributed by atoms with Crippen LogP contribution in [0.15, 0.2) is 22.7 Å². The van der Waals surface area contributed by atoms with Crippen molar-refractivity contribution in [1.29, 1.82) is 0 Å². The molecule has 1 rings (SSSR count). The monoisotopic (exact) mass is 152 g/mol. The van der Waals surface area contributed by atoms with Crippen molar-refractivity contribution in [3.05, 3.63) is 27.7 Å². The molecule has 0 aromatic carbocycles. The van der Waals surface area contributed by atoms with E-state index in [-0.39, 0.29) is 12.6 Å². The first kappa shape index (κ1) is 7.23. The second-order valence-corrected chi connectivity index (χ2v) is 1.66. The maximum Gasteiger partial charge on any atom is 0.271 e. The van der Waals surface area contributed by atoms with Gasteiger partial charge >= 0.3 is 0 Å². The highest BCUT2D eigenvalue weighted by molar-refractivity contribution is 5.14. The van der Waals surface area contributed by atoms with E-state index >= 15 is 0 Å². The van der Waals surface area contributed by atoms with Crippen LogP contribution in [0.1, 0.15) is 0 Å². The molecule has 0 unspecified atom stereocenters. The van der Waals surface area contributed by atoms with Crippen LogP contribution in [-0.4, -0.2) is 9.55 Å². The van der Waals surface area contributed by atoms with Gasteiger partial charge in [-0.3, -0.25) is 0 Å². The molecule has 0 atom stereocenters. The third kappa shape index (κ3) is 1.53. The lowest BCUT2D eigenvalue weighted by atomic mass is 10.9. The lowest BCUT2D eigenvalue weighted by Gasteiger charge is -1.93. The van der Waals surface area contributed by atoms with E-state index in [1.165, 1.54) is 17.0 Å². The zero-order valence-corrected chi connectivity index (χ0v) is 5.45. The number of azide groups is 1. The Kier molecular flexibility index (Phi) is 2.19. The van der Waals surface area contributed by atoms with Crippen LogP contribution < -0.4 is 0 Å². The molecule has 1 heterocycles. The summed E-state index contributed by atoms with van der Waals surface area (Å²) in [4.78, 5) is 16.1. The molecule has 7 heteroatoms. The normalized spacial score (nSPS) is 8.73. The average molecular weight is 152 g/mol. The Bertz CT molecular complexity index is 297. The first-order valence-corrected chi connectivity index (χ1v) is 2.74. The van der Waals surface area contributed by atoms with Gasteiger partial charge < -0.3 is 4.57 Å². The molecule has 0 spiro atoms. The van der Waals surface area contributed by atoms with Crippen molar-refractivity contribution in [3.8, 4) is 0 Å². The highest BCUT2D eigenvalue weighted by Gasteiger charge is 1.98. The van der Waals surface area contributed by atoms with Crippen LogP contribution in [-0.2, 0) is 6.67 Å². The van der Waals surface area contributed by atoms with E-state index in [2.05, 4.69) is 20.2 Å². The Morgan fingerprint density at radius 1 is 1.82 bits per heavy atom. The van der Waals surface area contributed by atoms with E-state index in [0.717, 1.165) is 0 Å². The first-order chi connectivity index (χ1) is 5.38. The summed E-state index contributed by atoms with van der Waals surface area (Å²) in [5.74, 6) is 0.0115. The second kappa shape index (κ2) is 3.33. The highest BCUT2D eigenvalue weighted by Crippen LogP contribution is 2.06. The van der Waals surface area contributed by atoms with Crippen molar-refractivity contribution in [2.75, 3.05) is 0 Å². The Morgan fingerprint density at radius 2 is 2.64 bits per heavy atom. The van der Waals surface area contributed by atoms with Crippen molar-refractivity contribution < 1.29 is 0 Å². The number of hydrogen-bond donors (Lipinski definition) is 0. The minimum Gasteiger partial charge on any atom is -0.307 e. The smallest absolute Gasteiger partial charge is 0.271 e. The lowest BCUT2D eigenvalue weighted by molar-refractivity contribution is 0.729. The first-order valence-electron chi connectivity index (χ1n) is 2.74. The van der Waals surface area contributed by atoms with Crippen molar-refractivity contribution in [1.82, 2.24) is 9.55 Å². The quantitative estimate of drug-likeness (QED) is 0.284. The maximum atomic E-state index is 9.98. The Labute approximate surface area is 61.3 Å². The third-order valence-electron chi connectivity index (χ3n) is 1.05.